The van der Waals surface area contributed by atoms with E-state index < -0.39 is 0 Å². The van der Waals surface area contributed by atoms with Gasteiger partial charge in [0.2, 0.25) is 0 Å². The lowest BCUT2D eigenvalue weighted by Crippen LogP contribution is -2.26. The van der Waals surface area contributed by atoms with Crippen LogP contribution in [-0.2, 0) is 12.4 Å². The lowest BCUT2D eigenvalue weighted by Gasteiger charge is -2.11. The largest absolute Gasteiger partial charge is 0.295 e. The van der Waals surface area contributed by atoms with Crippen LogP contribution in [0.15, 0.2) is 29.1 Å². The minimum absolute atomic E-state index is 0.0374. The first-order valence-electron chi connectivity index (χ1n) is 6.25. The van der Waals surface area contributed by atoms with E-state index in [0.29, 0.717) is 23.0 Å². The second-order valence-corrected chi connectivity index (χ2v) is 5.33. The highest BCUT2D eigenvalue weighted by atomic mass is 35.5. The Morgan fingerprint density at radius 3 is 2.83 bits per heavy atom. The fraction of sp³-hybridized carbons (Fsp3) is 0.429. The molecule has 1 heterocycles. The number of alkyl halides is 1. The van der Waals surface area contributed by atoms with Crippen molar-refractivity contribution in [2.75, 3.05) is 0 Å². The third-order valence-corrected chi connectivity index (χ3v) is 3.99. The van der Waals surface area contributed by atoms with Crippen molar-refractivity contribution < 1.29 is 0 Å². The third kappa shape index (κ3) is 1.93. The molecule has 2 unspecified atom stereocenters. The van der Waals surface area contributed by atoms with Gasteiger partial charge in [0.15, 0.2) is 0 Å². The van der Waals surface area contributed by atoms with Crippen molar-refractivity contribution in [3.8, 4) is 0 Å². The van der Waals surface area contributed by atoms with E-state index in [4.69, 9.17) is 11.6 Å². The van der Waals surface area contributed by atoms with Crippen LogP contribution in [0.2, 0.25) is 0 Å². The zero-order valence-corrected chi connectivity index (χ0v) is 11.0. The van der Waals surface area contributed by atoms with Gasteiger partial charge in [-0.2, -0.15) is 0 Å². The summed E-state index contributed by atoms with van der Waals surface area (Å²) in [6.45, 7) is 2.96. The monoisotopic (exact) mass is 262 g/mol. The Morgan fingerprint density at radius 2 is 2.17 bits per heavy atom. The fourth-order valence-corrected chi connectivity index (χ4v) is 2.60. The number of nitrogens with zero attached hydrogens (tertiary/aromatic N) is 2. The number of benzene rings is 1. The predicted molar refractivity (Wildman–Crippen MR) is 72.8 cm³/mol. The molecule has 0 bridgehead atoms. The minimum Gasteiger partial charge on any atom is -0.295 e. The second-order valence-electron chi connectivity index (χ2n) is 5.07. The summed E-state index contributed by atoms with van der Waals surface area (Å²) in [6, 6.07) is 7.45. The molecule has 3 rings (SSSR count). The lowest BCUT2D eigenvalue weighted by atomic mass is 10.2. The molecule has 0 amide bonds. The maximum atomic E-state index is 12.4. The summed E-state index contributed by atoms with van der Waals surface area (Å²) < 4.78 is 1.75. The SMILES string of the molecule is CC1CC1Cn1c(CCl)nc2ccccc2c1=O. The van der Waals surface area contributed by atoms with Gasteiger partial charge < -0.3 is 0 Å². The summed E-state index contributed by atoms with van der Waals surface area (Å²) in [5.41, 5.74) is 0.772. The van der Waals surface area contributed by atoms with Crippen molar-refractivity contribution in [3.63, 3.8) is 0 Å². The van der Waals surface area contributed by atoms with Gasteiger partial charge in [-0.25, -0.2) is 4.98 Å². The molecule has 0 aliphatic heterocycles. The maximum absolute atomic E-state index is 12.4. The van der Waals surface area contributed by atoms with Gasteiger partial charge in [0.1, 0.15) is 5.82 Å². The van der Waals surface area contributed by atoms with Gasteiger partial charge in [0, 0.05) is 6.54 Å². The van der Waals surface area contributed by atoms with Gasteiger partial charge in [-0.3, -0.25) is 9.36 Å². The Morgan fingerprint density at radius 1 is 1.44 bits per heavy atom. The molecule has 1 aliphatic carbocycles. The van der Waals surface area contributed by atoms with E-state index in [9.17, 15) is 4.79 Å². The Bertz CT molecular complexity index is 650. The zero-order chi connectivity index (χ0) is 12.7. The predicted octanol–water partition coefficient (Wildman–Crippen LogP) is 2.79. The average molecular weight is 263 g/mol. The van der Waals surface area contributed by atoms with Gasteiger partial charge in [0.25, 0.3) is 5.56 Å². The molecular weight excluding hydrogens is 248 g/mol. The van der Waals surface area contributed by atoms with E-state index in [-0.39, 0.29) is 11.4 Å². The number of hydrogen-bond acceptors (Lipinski definition) is 2. The Kier molecular flexibility index (Phi) is 2.86. The highest BCUT2D eigenvalue weighted by Crippen LogP contribution is 2.38. The van der Waals surface area contributed by atoms with E-state index in [1.54, 1.807) is 4.57 Å². The summed E-state index contributed by atoms with van der Waals surface area (Å²) in [4.78, 5) is 16.9. The normalized spacial score (nSPS) is 22.3. The number of aromatic nitrogens is 2. The van der Waals surface area contributed by atoms with Gasteiger partial charge >= 0.3 is 0 Å². The van der Waals surface area contributed by atoms with Gasteiger partial charge in [0.05, 0.1) is 16.8 Å². The van der Waals surface area contributed by atoms with Crippen molar-refractivity contribution in [2.45, 2.75) is 25.8 Å². The topological polar surface area (TPSA) is 34.9 Å². The summed E-state index contributed by atoms with van der Waals surface area (Å²) >= 11 is 5.92. The molecule has 18 heavy (non-hydrogen) atoms. The first-order valence-corrected chi connectivity index (χ1v) is 6.78. The Hall–Kier alpha value is -1.35. The number of fused-ring (bicyclic) bond motifs is 1. The Labute approximate surface area is 110 Å². The maximum Gasteiger partial charge on any atom is 0.261 e. The van der Waals surface area contributed by atoms with Crippen LogP contribution < -0.4 is 5.56 Å². The molecule has 4 heteroatoms. The summed E-state index contributed by atoms with van der Waals surface area (Å²) in [5, 5.41) is 0.680. The van der Waals surface area contributed by atoms with E-state index in [0.717, 1.165) is 12.1 Å². The standard InChI is InChI=1S/C14H15ClN2O/c1-9-6-10(9)8-17-13(7-15)16-12-5-3-2-4-11(12)14(17)18/h2-5,9-10H,6-8H2,1H3. The molecular formula is C14H15ClN2O. The van der Waals surface area contributed by atoms with Crippen LogP contribution in [0, 0.1) is 11.8 Å². The van der Waals surface area contributed by atoms with Crippen LogP contribution in [0.5, 0.6) is 0 Å². The number of halogens is 1. The van der Waals surface area contributed by atoms with Crippen molar-refractivity contribution in [3.05, 3.63) is 40.4 Å². The molecule has 0 radical (unpaired) electrons. The molecule has 1 aromatic heterocycles. The quantitative estimate of drug-likeness (QED) is 0.798. The van der Waals surface area contributed by atoms with Crippen molar-refractivity contribution in [1.29, 1.82) is 0 Å². The molecule has 0 spiro atoms. The van der Waals surface area contributed by atoms with Crippen molar-refractivity contribution in [1.82, 2.24) is 9.55 Å². The first kappa shape index (κ1) is 11.7. The van der Waals surface area contributed by atoms with Crippen LogP contribution in [0.25, 0.3) is 10.9 Å². The third-order valence-electron chi connectivity index (χ3n) is 3.75. The van der Waals surface area contributed by atoms with Crippen LogP contribution in [-0.4, -0.2) is 9.55 Å². The van der Waals surface area contributed by atoms with Crippen LogP contribution in [0.3, 0.4) is 0 Å². The van der Waals surface area contributed by atoms with Crippen LogP contribution >= 0.6 is 11.6 Å². The second kappa shape index (κ2) is 4.39. The Balaban J connectivity index is 2.15. The van der Waals surface area contributed by atoms with Crippen LogP contribution in [0.4, 0.5) is 0 Å². The fourth-order valence-electron chi connectivity index (χ4n) is 2.39. The molecule has 94 valence electrons. The first-order chi connectivity index (χ1) is 8.70. The summed E-state index contributed by atoms with van der Waals surface area (Å²) in [6.07, 6.45) is 1.20. The molecule has 3 nitrogen and oxygen atoms in total. The number of rotatable bonds is 3. The molecule has 1 aliphatic rings. The zero-order valence-electron chi connectivity index (χ0n) is 10.3. The van der Waals surface area contributed by atoms with Gasteiger partial charge in [-0.15, -0.1) is 11.6 Å². The molecule has 1 saturated carbocycles. The van der Waals surface area contributed by atoms with Gasteiger partial charge in [-0.1, -0.05) is 19.1 Å². The summed E-state index contributed by atoms with van der Waals surface area (Å²) in [5.74, 6) is 2.28. The van der Waals surface area contributed by atoms with Crippen molar-refractivity contribution >= 4 is 22.5 Å². The van der Waals surface area contributed by atoms with E-state index in [1.165, 1.54) is 6.42 Å². The molecule has 0 N–H and O–H groups in total. The molecule has 1 fully saturated rings. The lowest BCUT2D eigenvalue weighted by molar-refractivity contribution is 0.556. The minimum atomic E-state index is 0.0374. The smallest absolute Gasteiger partial charge is 0.261 e. The molecule has 2 atom stereocenters. The number of hydrogen-bond donors (Lipinski definition) is 0. The van der Waals surface area contributed by atoms with Crippen LogP contribution in [0.1, 0.15) is 19.2 Å². The highest BCUT2D eigenvalue weighted by molar-refractivity contribution is 6.16. The molecule has 1 aromatic carbocycles. The highest BCUT2D eigenvalue weighted by Gasteiger charge is 2.33. The van der Waals surface area contributed by atoms with E-state index in [2.05, 4.69) is 11.9 Å². The number of para-hydroxylation sites is 1. The van der Waals surface area contributed by atoms with E-state index in [1.807, 2.05) is 24.3 Å². The van der Waals surface area contributed by atoms with E-state index >= 15 is 0 Å². The van der Waals surface area contributed by atoms with Gasteiger partial charge in [-0.05, 0) is 30.4 Å². The average Bonchev–Trinajstić information content (AvgIpc) is 3.08. The molecule has 2 aromatic rings. The molecule has 0 saturated heterocycles. The summed E-state index contributed by atoms with van der Waals surface area (Å²) in [7, 11) is 0. The van der Waals surface area contributed by atoms with Crippen molar-refractivity contribution in [2.24, 2.45) is 11.8 Å².